The molecule has 0 saturated carbocycles. The Kier molecular flexibility index (Phi) is 7.35. The van der Waals surface area contributed by atoms with Crippen molar-refractivity contribution in [1.82, 2.24) is 16.0 Å². The third kappa shape index (κ3) is 5.86. The predicted molar refractivity (Wildman–Crippen MR) is 112 cm³/mol. The number of benzene rings is 2. The standard InChI is InChI=1S/C22H21ClF3N3O2/c23-16-4-1-14(18(25)11-16)3-6-20(30)29-22(7-9-27-10-8-22)21(31)28-13-15-2-5-17(24)12-19(15)26/h1-6,11-12,27H,7-10,13H2,(H,28,31)(H,29,30)/b6-3+. The van der Waals surface area contributed by atoms with Crippen molar-refractivity contribution >= 4 is 29.5 Å². The van der Waals surface area contributed by atoms with Crippen LogP contribution in [0, 0.1) is 17.5 Å². The van der Waals surface area contributed by atoms with Crippen molar-refractivity contribution in [3.05, 3.63) is 76.1 Å². The Morgan fingerprint density at radius 3 is 2.48 bits per heavy atom. The maximum Gasteiger partial charge on any atom is 0.246 e. The highest BCUT2D eigenvalue weighted by Gasteiger charge is 2.40. The van der Waals surface area contributed by atoms with Gasteiger partial charge in [-0.1, -0.05) is 23.7 Å². The molecule has 2 aromatic carbocycles. The number of halogens is 4. The van der Waals surface area contributed by atoms with Crippen molar-refractivity contribution in [2.45, 2.75) is 24.9 Å². The average molecular weight is 452 g/mol. The second-order valence-electron chi connectivity index (χ2n) is 7.24. The lowest BCUT2D eigenvalue weighted by molar-refractivity contribution is -0.133. The maximum atomic E-state index is 13.9. The molecular formula is C22H21ClF3N3O2. The monoisotopic (exact) mass is 451 g/mol. The second-order valence-corrected chi connectivity index (χ2v) is 7.68. The first-order valence-electron chi connectivity index (χ1n) is 9.67. The number of carbonyl (C=O) groups is 2. The van der Waals surface area contributed by atoms with Gasteiger partial charge in [0.2, 0.25) is 11.8 Å². The fourth-order valence-corrected chi connectivity index (χ4v) is 3.51. The minimum absolute atomic E-state index is 0.128. The molecule has 3 rings (SSSR count). The van der Waals surface area contributed by atoms with Crippen LogP contribution < -0.4 is 16.0 Å². The molecule has 164 valence electrons. The van der Waals surface area contributed by atoms with Gasteiger partial charge in [-0.25, -0.2) is 13.2 Å². The predicted octanol–water partition coefficient (Wildman–Crippen LogP) is 3.33. The lowest BCUT2D eigenvalue weighted by Crippen LogP contribution is -2.62. The zero-order valence-corrected chi connectivity index (χ0v) is 17.2. The van der Waals surface area contributed by atoms with Crippen molar-refractivity contribution in [3.8, 4) is 0 Å². The van der Waals surface area contributed by atoms with Crippen molar-refractivity contribution in [2.75, 3.05) is 13.1 Å². The third-order valence-electron chi connectivity index (χ3n) is 5.09. The summed E-state index contributed by atoms with van der Waals surface area (Å²) in [5.41, 5.74) is -0.903. The van der Waals surface area contributed by atoms with Gasteiger partial charge in [0.25, 0.3) is 0 Å². The van der Waals surface area contributed by atoms with Gasteiger partial charge in [-0.15, -0.1) is 0 Å². The Labute approximate surface area is 182 Å². The van der Waals surface area contributed by atoms with E-state index in [0.717, 1.165) is 24.3 Å². The summed E-state index contributed by atoms with van der Waals surface area (Å²) in [7, 11) is 0. The van der Waals surface area contributed by atoms with E-state index < -0.39 is 34.8 Å². The number of hydrogen-bond donors (Lipinski definition) is 3. The van der Waals surface area contributed by atoms with E-state index in [1.54, 1.807) is 0 Å². The van der Waals surface area contributed by atoms with Crippen LogP contribution in [0.4, 0.5) is 13.2 Å². The molecule has 2 amide bonds. The van der Waals surface area contributed by atoms with Crippen molar-refractivity contribution < 1.29 is 22.8 Å². The van der Waals surface area contributed by atoms with E-state index >= 15 is 0 Å². The van der Waals surface area contributed by atoms with Crippen LogP contribution in [0.2, 0.25) is 5.02 Å². The minimum atomic E-state index is -1.21. The second kappa shape index (κ2) is 9.98. The number of rotatable bonds is 6. The van der Waals surface area contributed by atoms with Gasteiger partial charge in [0.05, 0.1) is 0 Å². The molecule has 0 radical (unpaired) electrons. The first kappa shape index (κ1) is 22.8. The summed E-state index contributed by atoms with van der Waals surface area (Å²) in [6.07, 6.45) is 3.07. The zero-order valence-electron chi connectivity index (χ0n) is 16.5. The van der Waals surface area contributed by atoms with Crippen LogP contribution in [0.15, 0.2) is 42.5 Å². The molecule has 1 fully saturated rings. The van der Waals surface area contributed by atoms with Crippen LogP contribution in [0.1, 0.15) is 24.0 Å². The highest BCUT2D eigenvalue weighted by atomic mass is 35.5. The number of amides is 2. The van der Waals surface area contributed by atoms with Crippen LogP contribution in [-0.4, -0.2) is 30.4 Å². The Morgan fingerprint density at radius 1 is 1.06 bits per heavy atom. The molecule has 1 aliphatic rings. The summed E-state index contributed by atoms with van der Waals surface area (Å²) in [4.78, 5) is 25.4. The fourth-order valence-electron chi connectivity index (χ4n) is 3.35. The van der Waals surface area contributed by atoms with Crippen LogP contribution in [-0.2, 0) is 16.1 Å². The first-order valence-corrected chi connectivity index (χ1v) is 10.1. The SMILES string of the molecule is O=C(/C=C/c1ccc(Cl)cc1F)NC1(C(=O)NCc2ccc(F)cc2F)CCNCC1. The Morgan fingerprint density at radius 2 is 1.81 bits per heavy atom. The molecular weight excluding hydrogens is 431 g/mol. The molecule has 0 unspecified atom stereocenters. The summed E-state index contributed by atoms with van der Waals surface area (Å²) in [5, 5.41) is 8.69. The Hall–Kier alpha value is -2.84. The van der Waals surface area contributed by atoms with Gasteiger partial charge in [-0.3, -0.25) is 9.59 Å². The molecule has 0 aromatic heterocycles. The van der Waals surface area contributed by atoms with Crippen LogP contribution in [0.5, 0.6) is 0 Å². The van der Waals surface area contributed by atoms with Gasteiger partial charge in [0, 0.05) is 34.8 Å². The number of nitrogens with one attached hydrogen (secondary N) is 3. The Bertz CT molecular complexity index is 1010. The molecule has 0 atom stereocenters. The van der Waals surface area contributed by atoms with E-state index in [9.17, 15) is 22.8 Å². The lowest BCUT2D eigenvalue weighted by Gasteiger charge is -2.36. The van der Waals surface area contributed by atoms with E-state index in [1.165, 1.54) is 24.3 Å². The van der Waals surface area contributed by atoms with Gasteiger partial charge >= 0.3 is 0 Å². The summed E-state index contributed by atoms with van der Waals surface area (Å²) >= 11 is 5.72. The van der Waals surface area contributed by atoms with Crippen molar-refractivity contribution in [2.24, 2.45) is 0 Å². The molecule has 3 N–H and O–H groups in total. The van der Waals surface area contributed by atoms with Crippen LogP contribution >= 0.6 is 11.6 Å². The van der Waals surface area contributed by atoms with E-state index in [4.69, 9.17) is 11.6 Å². The van der Waals surface area contributed by atoms with E-state index in [-0.39, 0.29) is 22.7 Å². The van der Waals surface area contributed by atoms with Crippen molar-refractivity contribution in [3.63, 3.8) is 0 Å². The molecule has 5 nitrogen and oxygen atoms in total. The molecule has 1 saturated heterocycles. The molecule has 1 aliphatic heterocycles. The van der Waals surface area contributed by atoms with Gasteiger partial charge in [0.1, 0.15) is 23.0 Å². The molecule has 31 heavy (non-hydrogen) atoms. The van der Waals surface area contributed by atoms with Gasteiger partial charge in [-0.05, 0) is 50.2 Å². The number of piperidine rings is 1. The molecule has 0 aliphatic carbocycles. The summed E-state index contributed by atoms with van der Waals surface area (Å²) in [5.74, 6) is -3.10. The summed E-state index contributed by atoms with van der Waals surface area (Å²) in [6, 6.07) is 7.17. The lowest BCUT2D eigenvalue weighted by atomic mass is 9.87. The Balaban J connectivity index is 1.69. The quantitative estimate of drug-likeness (QED) is 0.590. The smallest absolute Gasteiger partial charge is 0.246 e. The topological polar surface area (TPSA) is 70.2 Å². The summed E-state index contributed by atoms with van der Waals surface area (Å²) < 4.78 is 40.8. The van der Waals surface area contributed by atoms with Gasteiger partial charge in [0.15, 0.2) is 0 Å². The molecule has 1 heterocycles. The zero-order chi connectivity index (χ0) is 22.4. The van der Waals surface area contributed by atoms with E-state index in [0.29, 0.717) is 25.9 Å². The third-order valence-corrected chi connectivity index (χ3v) is 5.32. The summed E-state index contributed by atoms with van der Waals surface area (Å²) in [6.45, 7) is 0.837. The number of carbonyl (C=O) groups excluding carboxylic acids is 2. The molecule has 0 spiro atoms. The number of hydrogen-bond acceptors (Lipinski definition) is 3. The first-order chi connectivity index (χ1) is 14.8. The molecule has 9 heteroatoms. The maximum absolute atomic E-state index is 13.9. The average Bonchev–Trinajstić information content (AvgIpc) is 2.73. The van der Waals surface area contributed by atoms with Gasteiger partial charge in [-0.2, -0.15) is 0 Å². The van der Waals surface area contributed by atoms with Crippen LogP contribution in [0.25, 0.3) is 6.08 Å². The highest BCUT2D eigenvalue weighted by molar-refractivity contribution is 6.30. The van der Waals surface area contributed by atoms with E-state index in [2.05, 4.69) is 16.0 Å². The fraction of sp³-hybridized carbons (Fsp3) is 0.273. The van der Waals surface area contributed by atoms with E-state index in [1.807, 2.05) is 0 Å². The normalized spacial score (nSPS) is 15.6. The van der Waals surface area contributed by atoms with Crippen LogP contribution in [0.3, 0.4) is 0 Å². The minimum Gasteiger partial charge on any atom is -0.350 e. The molecule has 2 aromatic rings. The molecule has 0 bridgehead atoms. The largest absolute Gasteiger partial charge is 0.350 e. The van der Waals surface area contributed by atoms with Gasteiger partial charge < -0.3 is 16.0 Å². The van der Waals surface area contributed by atoms with Crippen molar-refractivity contribution in [1.29, 1.82) is 0 Å². The highest BCUT2D eigenvalue weighted by Crippen LogP contribution is 2.20.